The van der Waals surface area contributed by atoms with Crippen molar-refractivity contribution in [1.29, 1.82) is 0 Å². The van der Waals surface area contributed by atoms with Crippen LogP contribution in [-0.4, -0.2) is 24.0 Å². The summed E-state index contributed by atoms with van der Waals surface area (Å²) in [6.45, 7) is 4.01. The largest absolute Gasteiger partial charge is 0.493 e. The first-order valence-electron chi connectivity index (χ1n) is 6.71. The van der Waals surface area contributed by atoms with Crippen LogP contribution in [0, 0.1) is 13.8 Å². The van der Waals surface area contributed by atoms with Crippen molar-refractivity contribution in [3.05, 3.63) is 40.7 Å². The molecule has 0 amide bonds. The van der Waals surface area contributed by atoms with Crippen molar-refractivity contribution in [2.75, 3.05) is 14.2 Å². The summed E-state index contributed by atoms with van der Waals surface area (Å²) < 4.78 is 12.5. The number of nitrogens with two attached hydrogens (primary N) is 1. The number of benzene rings is 1. The first-order valence-corrected chi connectivity index (χ1v) is 6.71. The van der Waals surface area contributed by atoms with Crippen molar-refractivity contribution in [2.45, 2.75) is 19.9 Å². The lowest BCUT2D eigenvalue weighted by molar-refractivity contribution is 0.354. The molecule has 0 bridgehead atoms. The average molecular weight is 290 g/mol. The highest BCUT2D eigenvalue weighted by molar-refractivity contribution is 5.47. The first kappa shape index (κ1) is 15.3. The number of ether oxygens (including phenoxy) is 2. The van der Waals surface area contributed by atoms with Crippen molar-refractivity contribution < 1.29 is 9.47 Å². The zero-order valence-corrected chi connectivity index (χ0v) is 13.1. The predicted octanol–water partition coefficient (Wildman–Crippen LogP) is 1.61. The second-order valence-corrected chi connectivity index (χ2v) is 4.92. The summed E-state index contributed by atoms with van der Waals surface area (Å²) in [5.41, 5.74) is 6.97. The van der Waals surface area contributed by atoms with Crippen LogP contribution in [-0.2, 0) is 7.05 Å². The number of nitrogens with one attached hydrogen (secondary N) is 1. The molecule has 1 unspecified atom stereocenters. The van der Waals surface area contributed by atoms with Gasteiger partial charge in [0.25, 0.3) is 0 Å². The molecule has 0 radical (unpaired) electrons. The van der Waals surface area contributed by atoms with Crippen LogP contribution in [0.2, 0.25) is 0 Å². The predicted molar refractivity (Wildman–Crippen MR) is 81.4 cm³/mol. The van der Waals surface area contributed by atoms with E-state index in [1.165, 1.54) is 0 Å². The molecule has 6 heteroatoms. The Bertz CT molecular complexity index is 637. The first-order chi connectivity index (χ1) is 10.0. The lowest BCUT2D eigenvalue weighted by Gasteiger charge is -2.19. The highest BCUT2D eigenvalue weighted by atomic mass is 16.5. The molecule has 6 nitrogen and oxygen atoms in total. The van der Waals surface area contributed by atoms with E-state index in [4.69, 9.17) is 15.3 Å². The van der Waals surface area contributed by atoms with Crippen molar-refractivity contribution in [3.63, 3.8) is 0 Å². The molecule has 21 heavy (non-hydrogen) atoms. The number of nitrogens with zero attached hydrogens (tertiary/aromatic N) is 2. The van der Waals surface area contributed by atoms with E-state index < -0.39 is 0 Å². The van der Waals surface area contributed by atoms with Crippen LogP contribution in [0.25, 0.3) is 0 Å². The third kappa shape index (κ3) is 2.72. The molecule has 114 valence electrons. The Morgan fingerprint density at radius 2 is 1.86 bits per heavy atom. The van der Waals surface area contributed by atoms with Gasteiger partial charge in [0.2, 0.25) is 0 Å². The summed E-state index contributed by atoms with van der Waals surface area (Å²) in [4.78, 5) is 0. The maximum atomic E-state index is 5.79. The fraction of sp³-hybridized carbons (Fsp3) is 0.400. The molecule has 2 rings (SSSR count). The number of methoxy groups -OCH3 is 2. The Labute approximate surface area is 124 Å². The second-order valence-electron chi connectivity index (χ2n) is 4.92. The average Bonchev–Trinajstić information content (AvgIpc) is 2.74. The van der Waals surface area contributed by atoms with Gasteiger partial charge in [-0.05, 0) is 31.5 Å². The van der Waals surface area contributed by atoms with E-state index in [1.807, 2.05) is 43.8 Å². The molecule has 2 aromatic rings. The number of hydrogen-bond donors (Lipinski definition) is 2. The summed E-state index contributed by atoms with van der Waals surface area (Å²) in [6.07, 6.45) is 0. The Kier molecular flexibility index (Phi) is 4.50. The maximum absolute atomic E-state index is 5.79. The monoisotopic (exact) mass is 290 g/mol. The van der Waals surface area contributed by atoms with Crippen LogP contribution in [0.1, 0.15) is 28.6 Å². The van der Waals surface area contributed by atoms with Crippen LogP contribution in [0.15, 0.2) is 18.2 Å². The Balaban J connectivity index is 2.51. The summed E-state index contributed by atoms with van der Waals surface area (Å²) >= 11 is 0. The maximum Gasteiger partial charge on any atom is 0.161 e. The van der Waals surface area contributed by atoms with Crippen molar-refractivity contribution in [1.82, 2.24) is 15.2 Å². The minimum atomic E-state index is -0.154. The van der Waals surface area contributed by atoms with E-state index in [1.54, 1.807) is 14.2 Å². The molecule has 0 saturated carbocycles. The van der Waals surface area contributed by atoms with Gasteiger partial charge in [0.05, 0.1) is 26.0 Å². The van der Waals surface area contributed by atoms with Crippen LogP contribution in [0.5, 0.6) is 11.5 Å². The number of aromatic nitrogens is 2. The molecule has 0 aliphatic heterocycles. The third-order valence-electron chi connectivity index (χ3n) is 3.76. The minimum absolute atomic E-state index is 0.154. The topological polar surface area (TPSA) is 74.3 Å². The van der Waals surface area contributed by atoms with Gasteiger partial charge in [-0.15, -0.1) is 0 Å². The SMILES string of the molecule is COc1ccc(C(NN)c2c(C)nn(C)c2C)cc1OC. The zero-order valence-electron chi connectivity index (χ0n) is 13.1. The number of hydrazine groups is 1. The summed E-state index contributed by atoms with van der Waals surface area (Å²) in [6, 6.07) is 5.62. The van der Waals surface area contributed by atoms with Crippen molar-refractivity contribution >= 4 is 0 Å². The van der Waals surface area contributed by atoms with Gasteiger partial charge in [0.15, 0.2) is 11.5 Å². The van der Waals surface area contributed by atoms with Gasteiger partial charge >= 0.3 is 0 Å². The molecule has 1 aromatic carbocycles. The molecule has 1 heterocycles. The van der Waals surface area contributed by atoms with E-state index in [2.05, 4.69) is 10.5 Å². The van der Waals surface area contributed by atoms with Crippen LogP contribution in [0.3, 0.4) is 0 Å². The smallest absolute Gasteiger partial charge is 0.161 e. The quantitative estimate of drug-likeness (QED) is 0.646. The lowest BCUT2D eigenvalue weighted by atomic mass is 9.97. The summed E-state index contributed by atoms with van der Waals surface area (Å²) in [5, 5.41) is 4.45. The second kappa shape index (κ2) is 6.15. The molecule has 0 fully saturated rings. The summed E-state index contributed by atoms with van der Waals surface area (Å²) in [7, 11) is 5.16. The normalized spacial score (nSPS) is 12.3. The van der Waals surface area contributed by atoms with Crippen LogP contribution >= 0.6 is 0 Å². The molecule has 0 aliphatic rings. The molecule has 1 aromatic heterocycles. The van der Waals surface area contributed by atoms with Crippen molar-refractivity contribution in [3.8, 4) is 11.5 Å². The lowest BCUT2D eigenvalue weighted by Crippen LogP contribution is -2.29. The molecule has 0 spiro atoms. The van der Waals surface area contributed by atoms with Crippen LogP contribution in [0.4, 0.5) is 0 Å². The van der Waals surface area contributed by atoms with Crippen LogP contribution < -0.4 is 20.7 Å². The van der Waals surface area contributed by atoms with E-state index in [0.717, 1.165) is 22.5 Å². The molecule has 0 saturated heterocycles. The highest BCUT2D eigenvalue weighted by Gasteiger charge is 2.22. The van der Waals surface area contributed by atoms with E-state index in [-0.39, 0.29) is 6.04 Å². The number of aryl methyl sites for hydroxylation is 2. The summed E-state index contributed by atoms with van der Waals surface area (Å²) in [5.74, 6) is 7.15. The van der Waals surface area contributed by atoms with E-state index in [9.17, 15) is 0 Å². The molecular formula is C15H22N4O2. The van der Waals surface area contributed by atoms with Gasteiger partial charge < -0.3 is 9.47 Å². The van der Waals surface area contributed by atoms with Gasteiger partial charge in [-0.1, -0.05) is 6.07 Å². The Morgan fingerprint density at radius 1 is 1.19 bits per heavy atom. The standard InChI is InChI=1S/C15H22N4O2/c1-9-14(10(2)19(3)18-9)15(17-16)11-6-7-12(20-4)13(8-11)21-5/h6-8,15,17H,16H2,1-5H3. The van der Waals surface area contributed by atoms with Gasteiger partial charge in [-0.2, -0.15) is 5.10 Å². The van der Waals surface area contributed by atoms with Crippen molar-refractivity contribution in [2.24, 2.45) is 12.9 Å². The molecular weight excluding hydrogens is 268 g/mol. The van der Waals surface area contributed by atoms with Gasteiger partial charge in [0, 0.05) is 18.3 Å². The zero-order chi connectivity index (χ0) is 15.6. The Morgan fingerprint density at radius 3 is 2.33 bits per heavy atom. The van der Waals surface area contributed by atoms with Gasteiger partial charge in [-0.25, -0.2) is 5.43 Å². The van der Waals surface area contributed by atoms with E-state index >= 15 is 0 Å². The Hall–Kier alpha value is -2.05. The van der Waals surface area contributed by atoms with E-state index in [0.29, 0.717) is 11.5 Å². The molecule has 1 atom stereocenters. The van der Waals surface area contributed by atoms with Gasteiger partial charge in [0.1, 0.15) is 0 Å². The molecule has 3 N–H and O–H groups in total. The highest BCUT2D eigenvalue weighted by Crippen LogP contribution is 2.33. The number of hydrogen-bond acceptors (Lipinski definition) is 5. The minimum Gasteiger partial charge on any atom is -0.493 e. The van der Waals surface area contributed by atoms with Gasteiger partial charge in [-0.3, -0.25) is 10.5 Å². The number of rotatable bonds is 5. The fourth-order valence-electron chi connectivity index (χ4n) is 2.59. The third-order valence-corrected chi connectivity index (χ3v) is 3.76. The fourth-order valence-corrected chi connectivity index (χ4v) is 2.59. The molecule has 0 aliphatic carbocycles.